The molecule has 0 saturated carbocycles. The lowest BCUT2D eigenvalue weighted by molar-refractivity contribution is -0.119. The van der Waals surface area contributed by atoms with Crippen molar-refractivity contribution in [3.63, 3.8) is 0 Å². The summed E-state index contributed by atoms with van der Waals surface area (Å²) >= 11 is 1.27. The summed E-state index contributed by atoms with van der Waals surface area (Å²) in [5.74, 6) is 1.87. The molecule has 10 heteroatoms. The number of rotatable bonds is 8. The van der Waals surface area contributed by atoms with E-state index in [1.54, 1.807) is 13.2 Å². The Morgan fingerprint density at radius 1 is 1.15 bits per heavy atom. The van der Waals surface area contributed by atoms with E-state index in [0.717, 1.165) is 43.2 Å². The Bertz CT molecular complexity index is 1080. The molecule has 180 valence electrons. The quantitative estimate of drug-likeness (QED) is 0.472. The molecular weight excluding hydrogens is 452 g/mol. The molecule has 2 aromatic heterocycles. The van der Waals surface area contributed by atoms with Crippen LogP contribution >= 0.6 is 11.8 Å². The Balaban J connectivity index is 1.40. The monoisotopic (exact) mass is 482 g/mol. The summed E-state index contributed by atoms with van der Waals surface area (Å²) in [4.78, 5) is 27.1. The van der Waals surface area contributed by atoms with Crippen molar-refractivity contribution in [2.24, 2.45) is 5.92 Å². The van der Waals surface area contributed by atoms with Crippen LogP contribution in [0.1, 0.15) is 38.0 Å². The van der Waals surface area contributed by atoms with Crippen molar-refractivity contribution in [2.75, 3.05) is 18.0 Å². The van der Waals surface area contributed by atoms with Gasteiger partial charge in [0.2, 0.25) is 11.9 Å². The molecule has 3 aromatic rings. The van der Waals surface area contributed by atoms with E-state index in [-0.39, 0.29) is 0 Å². The van der Waals surface area contributed by atoms with Crippen LogP contribution in [0.15, 0.2) is 58.3 Å². The van der Waals surface area contributed by atoms with Gasteiger partial charge >= 0.3 is 6.03 Å². The predicted molar refractivity (Wildman–Crippen MR) is 131 cm³/mol. The number of thioether (sulfide) groups is 1. The van der Waals surface area contributed by atoms with Crippen LogP contribution in [0.2, 0.25) is 0 Å². The molecule has 1 aliphatic rings. The summed E-state index contributed by atoms with van der Waals surface area (Å²) in [6.07, 6.45) is 3.85. The number of piperidine rings is 1. The summed E-state index contributed by atoms with van der Waals surface area (Å²) in [6, 6.07) is 12.8. The van der Waals surface area contributed by atoms with Crippen LogP contribution in [0.5, 0.6) is 0 Å². The Labute approximate surface area is 203 Å². The molecule has 9 nitrogen and oxygen atoms in total. The standard InChI is InChI=1S/C24H30N6O3S/c1-17-10-12-29(13-11-17)23-27-28-24(30(23)16-20-9-6-14-33-20)34-18(2)21(31)26-22(32)25-15-19-7-4-3-5-8-19/h3-9,14,17-18H,10-13,15-16H2,1-2H3,(H2,25,26,31,32). The zero-order valence-corrected chi connectivity index (χ0v) is 20.3. The van der Waals surface area contributed by atoms with Gasteiger partial charge in [-0.3, -0.25) is 14.7 Å². The van der Waals surface area contributed by atoms with Crippen LogP contribution in [0.25, 0.3) is 0 Å². The molecule has 34 heavy (non-hydrogen) atoms. The molecule has 1 unspecified atom stereocenters. The number of nitrogens with zero attached hydrogens (tertiary/aromatic N) is 4. The molecule has 2 N–H and O–H groups in total. The maximum absolute atomic E-state index is 12.7. The third kappa shape index (κ3) is 6.19. The number of hydrogen-bond donors (Lipinski definition) is 2. The average Bonchev–Trinajstić information content (AvgIpc) is 3.50. The van der Waals surface area contributed by atoms with E-state index in [1.807, 2.05) is 47.0 Å². The highest BCUT2D eigenvalue weighted by Crippen LogP contribution is 2.29. The molecule has 1 aliphatic heterocycles. The van der Waals surface area contributed by atoms with Gasteiger partial charge in [-0.25, -0.2) is 4.79 Å². The lowest BCUT2D eigenvalue weighted by Gasteiger charge is -2.31. The summed E-state index contributed by atoms with van der Waals surface area (Å²) in [7, 11) is 0. The molecule has 0 radical (unpaired) electrons. The van der Waals surface area contributed by atoms with Gasteiger partial charge in [0.15, 0.2) is 5.16 Å². The fraction of sp³-hybridized carbons (Fsp3) is 0.417. The topological polar surface area (TPSA) is 105 Å². The number of hydrogen-bond acceptors (Lipinski definition) is 7. The number of urea groups is 1. The van der Waals surface area contributed by atoms with E-state index in [4.69, 9.17) is 4.42 Å². The average molecular weight is 483 g/mol. The number of carbonyl (C=O) groups excluding carboxylic acids is 2. The fourth-order valence-electron chi connectivity index (χ4n) is 3.76. The zero-order chi connectivity index (χ0) is 23.9. The summed E-state index contributed by atoms with van der Waals surface area (Å²) in [6.45, 7) is 6.66. The summed E-state index contributed by atoms with van der Waals surface area (Å²) < 4.78 is 7.54. The van der Waals surface area contributed by atoms with Gasteiger partial charge in [-0.1, -0.05) is 49.0 Å². The first kappa shape index (κ1) is 23.9. The lowest BCUT2D eigenvalue weighted by atomic mass is 10.00. The lowest BCUT2D eigenvalue weighted by Crippen LogP contribution is -2.42. The molecule has 1 saturated heterocycles. The van der Waals surface area contributed by atoms with Crippen molar-refractivity contribution >= 4 is 29.6 Å². The Morgan fingerprint density at radius 3 is 2.62 bits per heavy atom. The van der Waals surface area contributed by atoms with Gasteiger partial charge in [-0.2, -0.15) is 0 Å². The van der Waals surface area contributed by atoms with Crippen molar-refractivity contribution in [2.45, 2.75) is 50.2 Å². The first-order valence-corrected chi connectivity index (χ1v) is 12.4. The van der Waals surface area contributed by atoms with Gasteiger partial charge in [0, 0.05) is 19.6 Å². The molecule has 0 spiro atoms. The highest BCUT2D eigenvalue weighted by molar-refractivity contribution is 8.00. The number of anilines is 1. The Morgan fingerprint density at radius 2 is 1.91 bits per heavy atom. The summed E-state index contributed by atoms with van der Waals surface area (Å²) in [5, 5.41) is 14.0. The minimum Gasteiger partial charge on any atom is -0.467 e. The van der Waals surface area contributed by atoms with E-state index >= 15 is 0 Å². The van der Waals surface area contributed by atoms with Gasteiger partial charge in [0.1, 0.15) is 5.76 Å². The van der Waals surface area contributed by atoms with Crippen LogP contribution in [0, 0.1) is 5.92 Å². The number of amides is 3. The van der Waals surface area contributed by atoms with Gasteiger partial charge in [0.05, 0.1) is 18.1 Å². The van der Waals surface area contributed by atoms with Crippen LogP contribution < -0.4 is 15.5 Å². The smallest absolute Gasteiger partial charge is 0.321 e. The number of furan rings is 1. The second kappa shape index (κ2) is 11.2. The molecule has 1 atom stereocenters. The number of aromatic nitrogens is 3. The Hall–Kier alpha value is -3.27. The van der Waals surface area contributed by atoms with Crippen LogP contribution in [-0.4, -0.2) is 45.0 Å². The highest BCUT2D eigenvalue weighted by Gasteiger charge is 2.26. The second-order valence-corrected chi connectivity index (χ2v) is 9.84. The number of benzene rings is 1. The minimum absolute atomic E-state index is 0.344. The van der Waals surface area contributed by atoms with Crippen molar-refractivity contribution in [1.82, 2.24) is 25.4 Å². The first-order chi connectivity index (χ1) is 16.5. The SMILES string of the molecule is CC1CCN(c2nnc(SC(C)C(=O)NC(=O)NCc3ccccc3)n2Cc2ccco2)CC1. The van der Waals surface area contributed by atoms with E-state index in [1.165, 1.54) is 11.8 Å². The highest BCUT2D eigenvalue weighted by atomic mass is 32.2. The van der Waals surface area contributed by atoms with Gasteiger partial charge in [-0.15, -0.1) is 10.2 Å². The first-order valence-electron chi connectivity index (χ1n) is 11.5. The minimum atomic E-state index is -0.545. The molecule has 4 rings (SSSR count). The number of imide groups is 1. The molecule has 0 aliphatic carbocycles. The van der Waals surface area contributed by atoms with Gasteiger partial charge < -0.3 is 14.6 Å². The van der Waals surface area contributed by atoms with Crippen LogP contribution in [0.4, 0.5) is 10.7 Å². The Kier molecular flexibility index (Phi) is 7.89. The molecule has 3 heterocycles. The van der Waals surface area contributed by atoms with Crippen LogP contribution in [-0.2, 0) is 17.9 Å². The van der Waals surface area contributed by atoms with E-state index in [9.17, 15) is 9.59 Å². The van der Waals surface area contributed by atoms with E-state index in [2.05, 4.69) is 32.7 Å². The molecule has 1 fully saturated rings. The molecule has 3 amide bonds. The molecule has 1 aromatic carbocycles. The van der Waals surface area contributed by atoms with Gasteiger partial charge in [0.25, 0.3) is 0 Å². The van der Waals surface area contributed by atoms with E-state index < -0.39 is 17.2 Å². The summed E-state index contributed by atoms with van der Waals surface area (Å²) in [5.41, 5.74) is 0.957. The normalized spacial score (nSPS) is 15.2. The molecule has 0 bridgehead atoms. The maximum atomic E-state index is 12.7. The van der Waals surface area contributed by atoms with Crippen LogP contribution in [0.3, 0.4) is 0 Å². The molecular formula is C24H30N6O3S. The van der Waals surface area contributed by atoms with Crippen molar-refractivity contribution in [3.8, 4) is 0 Å². The zero-order valence-electron chi connectivity index (χ0n) is 19.4. The third-order valence-corrected chi connectivity index (χ3v) is 6.92. The van der Waals surface area contributed by atoms with E-state index in [0.29, 0.717) is 24.2 Å². The number of nitrogens with one attached hydrogen (secondary N) is 2. The number of carbonyl (C=O) groups is 2. The maximum Gasteiger partial charge on any atom is 0.321 e. The van der Waals surface area contributed by atoms with Crippen molar-refractivity contribution in [3.05, 3.63) is 60.1 Å². The second-order valence-electron chi connectivity index (χ2n) is 8.54. The predicted octanol–water partition coefficient (Wildman–Crippen LogP) is 3.66. The van der Waals surface area contributed by atoms with Crippen molar-refractivity contribution in [1.29, 1.82) is 0 Å². The van der Waals surface area contributed by atoms with Gasteiger partial charge in [-0.05, 0) is 43.4 Å². The third-order valence-electron chi connectivity index (χ3n) is 5.84. The fourth-order valence-corrected chi connectivity index (χ4v) is 4.60. The largest absolute Gasteiger partial charge is 0.467 e. The van der Waals surface area contributed by atoms with Crippen molar-refractivity contribution < 1.29 is 14.0 Å².